The first-order chi connectivity index (χ1) is 9.38. The Hall–Kier alpha value is -1.18. The second-order valence-electron chi connectivity index (χ2n) is 4.16. The molecular formula is C14H13NaO5S. The number of aryl methyl sites for hydroxylation is 1. The van der Waals surface area contributed by atoms with Gasteiger partial charge in [-0.15, -0.1) is 0 Å². The molecule has 0 spiro atoms. The van der Waals surface area contributed by atoms with Crippen LogP contribution in [0.3, 0.4) is 0 Å². The zero-order valence-electron chi connectivity index (χ0n) is 12.6. The number of rotatable bonds is 3. The maximum absolute atomic E-state index is 11.9. The van der Waals surface area contributed by atoms with Crippen LogP contribution in [0.5, 0.6) is 5.75 Å². The molecule has 0 fully saturated rings. The van der Waals surface area contributed by atoms with Crippen LogP contribution in [0.15, 0.2) is 53.4 Å². The van der Waals surface area contributed by atoms with Crippen LogP contribution < -0.4 is 34.3 Å². The van der Waals surface area contributed by atoms with E-state index >= 15 is 0 Å². The smallest absolute Gasteiger partial charge is 1.00 e. The largest absolute Gasteiger partial charge is 1.00 e. The minimum Gasteiger partial charge on any atom is -1.00 e. The number of benzene rings is 2. The Morgan fingerprint density at radius 2 is 1.76 bits per heavy atom. The SMILES string of the molecule is Cc1ccc(S(=O)(=O)O)cc1OC(=O)c1ccccc1.[H-].[Na+]. The van der Waals surface area contributed by atoms with Crippen molar-refractivity contribution in [2.75, 3.05) is 0 Å². The predicted molar refractivity (Wildman–Crippen MR) is 73.5 cm³/mol. The van der Waals surface area contributed by atoms with E-state index in [2.05, 4.69) is 0 Å². The first kappa shape index (κ1) is 17.9. The molecule has 21 heavy (non-hydrogen) atoms. The number of carbonyl (C=O) groups is 1. The molecule has 0 atom stereocenters. The van der Waals surface area contributed by atoms with Gasteiger partial charge in [-0.25, -0.2) is 4.79 Å². The molecule has 1 N–H and O–H groups in total. The summed E-state index contributed by atoms with van der Waals surface area (Å²) in [5.41, 5.74) is 0.936. The number of hydrogen-bond donors (Lipinski definition) is 1. The van der Waals surface area contributed by atoms with Crippen molar-refractivity contribution in [1.82, 2.24) is 0 Å². The summed E-state index contributed by atoms with van der Waals surface area (Å²) >= 11 is 0. The van der Waals surface area contributed by atoms with Gasteiger partial charge >= 0.3 is 35.5 Å². The summed E-state index contributed by atoms with van der Waals surface area (Å²) in [6.45, 7) is 1.67. The Bertz CT molecular complexity index is 747. The Labute approximate surface area is 146 Å². The van der Waals surface area contributed by atoms with Gasteiger partial charge in [-0.05, 0) is 30.7 Å². The predicted octanol–water partition coefficient (Wildman–Crippen LogP) is -0.423. The molecule has 0 aromatic heterocycles. The third-order valence-corrected chi connectivity index (χ3v) is 3.52. The molecule has 0 aliphatic carbocycles. The molecule has 0 saturated heterocycles. The van der Waals surface area contributed by atoms with E-state index in [-0.39, 0.29) is 41.6 Å². The van der Waals surface area contributed by atoms with Crippen LogP contribution in [0.2, 0.25) is 0 Å². The number of carbonyl (C=O) groups excluding carboxylic acids is 1. The molecule has 0 heterocycles. The third kappa shape index (κ3) is 4.66. The molecule has 2 aromatic rings. The van der Waals surface area contributed by atoms with Crippen LogP contribution in [0.25, 0.3) is 0 Å². The fraction of sp³-hybridized carbons (Fsp3) is 0.0714. The normalized spacial score (nSPS) is 10.6. The fourth-order valence-corrected chi connectivity index (χ4v) is 2.08. The topological polar surface area (TPSA) is 80.7 Å². The molecule has 2 rings (SSSR count). The average molecular weight is 316 g/mol. The van der Waals surface area contributed by atoms with Crippen LogP contribution in [0, 0.1) is 6.92 Å². The van der Waals surface area contributed by atoms with Gasteiger partial charge in [0.15, 0.2) is 0 Å². The van der Waals surface area contributed by atoms with Crippen molar-refractivity contribution in [3.63, 3.8) is 0 Å². The van der Waals surface area contributed by atoms with Crippen LogP contribution >= 0.6 is 0 Å². The minimum atomic E-state index is -4.33. The molecule has 2 aromatic carbocycles. The van der Waals surface area contributed by atoms with Gasteiger partial charge in [-0.3, -0.25) is 4.55 Å². The Morgan fingerprint density at radius 1 is 1.14 bits per heavy atom. The molecule has 0 amide bonds. The van der Waals surface area contributed by atoms with E-state index in [1.165, 1.54) is 12.1 Å². The zero-order valence-corrected chi connectivity index (χ0v) is 14.4. The third-order valence-electron chi connectivity index (χ3n) is 2.67. The summed E-state index contributed by atoms with van der Waals surface area (Å²) in [5, 5.41) is 0. The Balaban J connectivity index is 0.00000220. The quantitative estimate of drug-likeness (QED) is 0.360. The van der Waals surface area contributed by atoms with Gasteiger partial charge < -0.3 is 6.16 Å². The monoisotopic (exact) mass is 316 g/mol. The van der Waals surface area contributed by atoms with Crippen LogP contribution in [-0.4, -0.2) is 18.9 Å². The summed E-state index contributed by atoms with van der Waals surface area (Å²) in [7, 11) is -4.33. The molecule has 106 valence electrons. The zero-order chi connectivity index (χ0) is 14.8. The molecule has 0 aliphatic heterocycles. The maximum atomic E-state index is 11.9. The van der Waals surface area contributed by atoms with Gasteiger partial charge in [0, 0.05) is 6.07 Å². The average Bonchev–Trinajstić information content (AvgIpc) is 2.41. The molecule has 0 bridgehead atoms. The van der Waals surface area contributed by atoms with Crippen LogP contribution in [0.1, 0.15) is 17.3 Å². The standard InChI is InChI=1S/C14H12O5S.Na.H/c1-10-7-8-12(20(16,17)18)9-13(10)19-14(15)11-5-3-2-4-6-11;;/h2-9H,1H3,(H,16,17,18);;/q;+1;-1. The van der Waals surface area contributed by atoms with E-state index in [0.717, 1.165) is 6.07 Å². The van der Waals surface area contributed by atoms with E-state index < -0.39 is 16.1 Å². The van der Waals surface area contributed by atoms with Gasteiger partial charge in [0.25, 0.3) is 10.1 Å². The molecular weight excluding hydrogens is 303 g/mol. The number of hydrogen-bond acceptors (Lipinski definition) is 4. The summed E-state index contributed by atoms with van der Waals surface area (Å²) in [4.78, 5) is 11.6. The van der Waals surface area contributed by atoms with Crippen molar-refractivity contribution in [2.24, 2.45) is 0 Å². The summed E-state index contributed by atoms with van der Waals surface area (Å²) in [6.07, 6.45) is 0. The van der Waals surface area contributed by atoms with Crippen molar-refractivity contribution in [3.05, 3.63) is 59.7 Å². The van der Waals surface area contributed by atoms with Gasteiger partial charge in [-0.1, -0.05) is 24.3 Å². The molecule has 0 unspecified atom stereocenters. The van der Waals surface area contributed by atoms with Crippen molar-refractivity contribution in [3.8, 4) is 5.75 Å². The first-order valence-corrected chi connectivity index (χ1v) is 7.17. The van der Waals surface area contributed by atoms with E-state index in [4.69, 9.17) is 9.29 Å². The summed E-state index contributed by atoms with van der Waals surface area (Å²) in [5.74, 6) is -0.504. The minimum absolute atomic E-state index is 0. The van der Waals surface area contributed by atoms with Crippen molar-refractivity contribution < 1.29 is 53.5 Å². The van der Waals surface area contributed by atoms with Gasteiger partial charge in [0.05, 0.1) is 10.5 Å². The van der Waals surface area contributed by atoms with E-state index in [0.29, 0.717) is 11.1 Å². The van der Waals surface area contributed by atoms with Gasteiger partial charge in [-0.2, -0.15) is 8.42 Å². The van der Waals surface area contributed by atoms with Gasteiger partial charge in [0.2, 0.25) is 0 Å². The second kappa shape index (κ2) is 7.20. The van der Waals surface area contributed by atoms with Crippen LogP contribution in [-0.2, 0) is 10.1 Å². The molecule has 7 heteroatoms. The number of esters is 1. The molecule has 0 saturated carbocycles. The second-order valence-corrected chi connectivity index (χ2v) is 5.58. The maximum Gasteiger partial charge on any atom is 1.00 e. The van der Waals surface area contributed by atoms with E-state index in [9.17, 15) is 13.2 Å². The summed E-state index contributed by atoms with van der Waals surface area (Å²) in [6, 6.07) is 12.1. The van der Waals surface area contributed by atoms with E-state index in [1.807, 2.05) is 0 Å². The Morgan fingerprint density at radius 3 is 2.33 bits per heavy atom. The Kier molecular flexibility index (Phi) is 6.12. The van der Waals surface area contributed by atoms with Crippen LogP contribution in [0.4, 0.5) is 0 Å². The molecule has 0 aliphatic rings. The van der Waals surface area contributed by atoms with Crippen molar-refractivity contribution in [1.29, 1.82) is 0 Å². The fourth-order valence-electron chi connectivity index (χ4n) is 1.58. The molecule has 0 radical (unpaired) electrons. The molecule has 5 nitrogen and oxygen atoms in total. The van der Waals surface area contributed by atoms with Crippen molar-refractivity contribution in [2.45, 2.75) is 11.8 Å². The van der Waals surface area contributed by atoms with Gasteiger partial charge in [0.1, 0.15) is 5.75 Å². The number of ether oxygens (including phenoxy) is 1. The summed E-state index contributed by atoms with van der Waals surface area (Å²) < 4.78 is 36.3. The van der Waals surface area contributed by atoms with E-state index in [1.54, 1.807) is 37.3 Å². The van der Waals surface area contributed by atoms with Crippen molar-refractivity contribution >= 4 is 16.1 Å². The first-order valence-electron chi connectivity index (χ1n) is 5.73.